The normalized spacial score (nSPS) is 28.0. The van der Waals surface area contributed by atoms with Crippen LogP contribution in [0.4, 0.5) is 0 Å². The number of aryl methyl sites for hydroxylation is 1. The smallest absolute Gasteiger partial charge is 0.376 e. The molecule has 0 spiro atoms. The van der Waals surface area contributed by atoms with Crippen LogP contribution in [0.15, 0.2) is 53.0 Å². The van der Waals surface area contributed by atoms with Crippen LogP contribution in [0.3, 0.4) is 0 Å². The van der Waals surface area contributed by atoms with Crippen LogP contribution in [0, 0.1) is 42.4 Å². The van der Waals surface area contributed by atoms with Gasteiger partial charge >= 0.3 is 13.6 Å². The van der Waals surface area contributed by atoms with Gasteiger partial charge in [-0.15, -0.1) is 0 Å². The summed E-state index contributed by atoms with van der Waals surface area (Å²) in [5.74, 6) is 0.791. The van der Waals surface area contributed by atoms with Crippen molar-refractivity contribution in [1.82, 2.24) is 0 Å². The van der Waals surface area contributed by atoms with Gasteiger partial charge in [-0.3, -0.25) is 4.57 Å². The SMILES string of the molecule is Cc1ccc(OCC(=O)O[C@H](c2ccc(Br)cc2)P(=O)(O[C@@H]2C[C@H](C)CC[C@@H]2C(C)C)O[C@@H]2C[C@@H](C)CC[C@H]2C(C)C)cc1. The summed E-state index contributed by atoms with van der Waals surface area (Å²) in [6, 6.07) is 14.9. The third-order valence-corrected chi connectivity index (χ3v) is 12.2. The topological polar surface area (TPSA) is 71.1 Å². The molecular weight excluding hydrogens is 639 g/mol. The van der Waals surface area contributed by atoms with E-state index in [0.29, 0.717) is 35.0 Å². The van der Waals surface area contributed by atoms with Crippen molar-refractivity contribution in [2.24, 2.45) is 35.5 Å². The third kappa shape index (κ3) is 9.44. The molecule has 6 nitrogen and oxygen atoms in total. The van der Waals surface area contributed by atoms with Gasteiger partial charge in [0.05, 0.1) is 12.2 Å². The van der Waals surface area contributed by atoms with Crippen LogP contribution in [0.2, 0.25) is 0 Å². The second kappa shape index (κ2) is 15.8. The predicted molar refractivity (Wildman–Crippen MR) is 180 cm³/mol. The first-order chi connectivity index (χ1) is 20.8. The zero-order valence-electron chi connectivity index (χ0n) is 27.5. The molecule has 44 heavy (non-hydrogen) atoms. The molecule has 0 radical (unpaired) electrons. The Morgan fingerprint density at radius 2 is 1.32 bits per heavy atom. The molecule has 2 aromatic carbocycles. The van der Waals surface area contributed by atoms with Gasteiger partial charge in [-0.05, 0) is 92.4 Å². The molecule has 0 amide bonds. The largest absolute Gasteiger partial charge is 0.482 e. The highest BCUT2D eigenvalue weighted by Crippen LogP contribution is 2.66. The molecule has 0 bridgehead atoms. The molecule has 0 N–H and O–H groups in total. The molecule has 8 atom stereocenters. The highest BCUT2D eigenvalue weighted by Gasteiger charge is 2.49. The number of rotatable bonds is 12. The van der Waals surface area contributed by atoms with Gasteiger partial charge in [0.1, 0.15) is 5.75 Å². The van der Waals surface area contributed by atoms with E-state index in [4.69, 9.17) is 18.5 Å². The lowest BCUT2D eigenvalue weighted by atomic mass is 9.75. The fraction of sp³-hybridized carbons (Fsp3) is 0.639. The van der Waals surface area contributed by atoms with Crippen LogP contribution in [-0.4, -0.2) is 24.8 Å². The van der Waals surface area contributed by atoms with Gasteiger partial charge in [0.2, 0.25) is 5.85 Å². The summed E-state index contributed by atoms with van der Waals surface area (Å²) < 4.78 is 41.9. The molecule has 1 unspecified atom stereocenters. The monoisotopic (exact) mass is 690 g/mol. The minimum atomic E-state index is -4.08. The van der Waals surface area contributed by atoms with Gasteiger partial charge < -0.3 is 18.5 Å². The van der Waals surface area contributed by atoms with E-state index in [-0.39, 0.29) is 30.7 Å². The molecule has 2 aromatic rings. The van der Waals surface area contributed by atoms with Gasteiger partial charge in [-0.2, -0.15) is 0 Å². The third-order valence-electron chi connectivity index (χ3n) is 9.55. The Kier molecular flexibility index (Phi) is 12.6. The second-order valence-corrected chi connectivity index (χ2v) is 16.9. The molecule has 0 aromatic heterocycles. The Morgan fingerprint density at radius 1 is 0.818 bits per heavy atom. The lowest BCUT2D eigenvalue weighted by Crippen LogP contribution is -2.37. The number of carbonyl (C=O) groups excluding carboxylic acids is 1. The van der Waals surface area contributed by atoms with Crippen LogP contribution in [0.5, 0.6) is 5.75 Å². The average molecular weight is 692 g/mol. The number of hydrogen-bond acceptors (Lipinski definition) is 6. The van der Waals surface area contributed by atoms with Crippen molar-refractivity contribution in [3.05, 3.63) is 64.1 Å². The molecule has 2 aliphatic rings. The minimum Gasteiger partial charge on any atom is -0.482 e. The first-order valence-corrected chi connectivity index (χ1v) is 18.9. The Hall–Kier alpha value is -1.66. The molecule has 0 aliphatic heterocycles. The maximum Gasteiger partial charge on any atom is 0.376 e. The van der Waals surface area contributed by atoms with Crippen LogP contribution in [0.1, 0.15) is 97.0 Å². The Balaban J connectivity index is 1.71. The van der Waals surface area contributed by atoms with Gasteiger partial charge in [-0.25, -0.2) is 4.79 Å². The lowest BCUT2D eigenvalue weighted by molar-refractivity contribution is -0.149. The van der Waals surface area contributed by atoms with Crippen LogP contribution in [-0.2, 0) is 23.1 Å². The summed E-state index contributed by atoms with van der Waals surface area (Å²) in [6.45, 7) is 14.9. The number of esters is 1. The summed E-state index contributed by atoms with van der Waals surface area (Å²) in [7, 11) is -4.08. The summed E-state index contributed by atoms with van der Waals surface area (Å²) in [5, 5.41) is 0. The van der Waals surface area contributed by atoms with Crippen LogP contribution in [0.25, 0.3) is 0 Å². The Bertz CT molecular complexity index is 1210. The molecule has 0 heterocycles. The summed E-state index contributed by atoms with van der Waals surface area (Å²) in [6.07, 6.45) is 5.31. The van der Waals surface area contributed by atoms with E-state index >= 15 is 4.57 Å². The lowest BCUT2D eigenvalue weighted by Gasteiger charge is -2.43. The van der Waals surface area contributed by atoms with Crippen LogP contribution >= 0.6 is 23.5 Å². The van der Waals surface area contributed by atoms with Gasteiger partial charge in [0.25, 0.3) is 0 Å². The maximum absolute atomic E-state index is 15.6. The molecule has 8 heteroatoms. The fourth-order valence-electron chi connectivity index (χ4n) is 6.86. The van der Waals surface area contributed by atoms with E-state index in [1.807, 2.05) is 55.5 Å². The minimum absolute atomic E-state index is 0.237. The van der Waals surface area contributed by atoms with Gasteiger partial charge in [0.15, 0.2) is 6.61 Å². The van der Waals surface area contributed by atoms with E-state index in [0.717, 1.165) is 48.6 Å². The van der Waals surface area contributed by atoms with Gasteiger partial charge in [-0.1, -0.05) is 100 Å². The van der Waals surface area contributed by atoms with Gasteiger partial charge in [0, 0.05) is 10.0 Å². The number of hydrogen-bond donors (Lipinski definition) is 0. The molecule has 2 fully saturated rings. The van der Waals surface area contributed by atoms with E-state index in [2.05, 4.69) is 57.5 Å². The second-order valence-electron chi connectivity index (χ2n) is 14.0. The van der Waals surface area contributed by atoms with Crippen molar-refractivity contribution in [3.63, 3.8) is 0 Å². The van der Waals surface area contributed by atoms with Crippen molar-refractivity contribution < 1.29 is 27.9 Å². The highest BCUT2D eigenvalue weighted by atomic mass is 79.9. The number of benzene rings is 2. The zero-order valence-corrected chi connectivity index (χ0v) is 30.0. The van der Waals surface area contributed by atoms with Crippen LogP contribution < -0.4 is 4.74 Å². The van der Waals surface area contributed by atoms with E-state index in [9.17, 15) is 4.79 Å². The number of carbonyl (C=O) groups is 1. The van der Waals surface area contributed by atoms with E-state index in [1.165, 1.54) is 0 Å². The van der Waals surface area contributed by atoms with Crippen molar-refractivity contribution >= 4 is 29.5 Å². The molecular formula is C36H52BrO6P. The molecule has 2 saturated carbocycles. The summed E-state index contributed by atoms with van der Waals surface area (Å²) in [4.78, 5) is 13.4. The maximum atomic E-state index is 15.6. The van der Waals surface area contributed by atoms with Crippen molar-refractivity contribution in [1.29, 1.82) is 0 Å². The fourth-order valence-corrected chi connectivity index (χ4v) is 9.42. The quantitative estimate of drug-likeness (QED) is 0.163. The Labute approximate surface area is 273 Å². The van der Waals surface area contributed by atoms with E-state index < -0.39 is 19.4 Å². The molecule has 4 rings (SSSR count). The molecule has 244 valence electrons. The number of halogens is 1. The average Bonchev–Trinajstić information content (AvgIpc) is 2.96. The predicted octanol–water partition coefficient (Wildman–Crippen LogP) is 10.5. The summed E-state index contributed by atoms with van der Waals surface area (Å²) in [5.41, 5.74) is 1.68. The summed E-state index contributed by atoms with van der Waals surface area (Å²) >= 11 is 3.51. The Morgan fingerprint density at radius 3 is 1.80 bits per heavy atom. The van der Waals surface area contributed by atoms with Crippen molar-refractivity contribution in [2.75, 3.05) is 6.61 Å². The first kappa shape index (κ1) is 35.2. The highest BCUT2D eigenvalue weighted by molar-refractivity contribution is 9.10. The standard InChI is InChI=1S/C36H52BrO6P/c1-23(2)31-18-10-26(6)20-33(31)42-44(39,43-34-21-27(7)11-19-32(34)24(3)4)36(28-12-14-29(37)15-13-28)41-35(38)22-40-30-16-8-25(5)9-17-30/h8-9,12-17,23-24,26-27,31-34,36H,10-11,18-22H2,1-7H3/t26-,27+,31-,32+,33-,34-,36+,44?/m1/s1. The first-order valence-electron chi connectivity index (χ1n) is 16.5. The molecule has 2 aliphatic carbocycles. The van der Waals surface area contributed by atoms with E-state index in [1.54, 1.807) is 0 Å². The van der Waals surface area contributed by atoms with Crippen molar-refractivity contribution in [2.45, 2.75) is 105 Å². The number of ether oxygens (including phenoxy) is 2. The molecule has 0 saturated heterocycles. The zero-order chi connectivity index (χ0) is 32.0. The van der Waals surface area contributed by atoms with Crippen molar-refractivity contribution in [3.8, 4) is 5.75 Å².